The van der Waals surface area contributed by atoms with Gasteiger partial charge in [0, 0.05) is 16.6 Å². The Bertz CT molecular complexity index is 747. The highest BCUT2D eigenvalue weighted by molar-refractivity contribution is 6.35. The van der Waals surface area contributed by atoms with Crippen molar-refractivity contribution >= 4 is 35.1 Å². The maximum Gasteiger partial charge on any atom is 0.338 e. The van der Waals surface area contributed by atoms with Crippen LogP contribution in [-0.2, 0) is 16.1 Å². The van der Waals surface area contributed by atoms with Gasteiger partial charge in [-0.1, -0.05) is 29.3 Å². The zero-order chi connectivity index (χ0) is 18.2. The number of amides is 1. The van der Waals surface area contributed by atoms with E-state index in [9.17, 15) is 9.59 Å². The molecule has 0 saturated carbocycles. The Morgan fingerprint density at radius 3 is 2.44 bits per heavy atom. The van der Waals surface area contributed by atoms with Crippen molar-refractivity contribution in [3.05, 3.63) is 63.6 Å². The molecule has 0 atom stereocenters. The van der Waals surface area contributed by atoms with Gasteiger partial charge >= 0.3 is 5.97 Å². The molecular formula is C18H17Cl2NO4. The van der Waals surface area contributed by atoms with Crippen molar-refractivity contribution in [1.29, 1.82) is 0 Å². The SMILES string of the molecule is CCOC(=O)c1ccc(OCC(=O)NCc2ccc(Cl)cc2Cl)cc1. The van der Waals surface area contributed by atoms with E-state index in [1.807, 2.05) is 0 Å². The summed E-state index contributed by atoms with van der Waals surface area (Å²) in [6, 6.07) is 11.4. The first-order chi connectivity index (χ1) is 12.0. The van der Waals surface area contributed by atoms with Crippen molar-refractivity contribution in [1.82, 2.24) is 5.32 Å². The molecule has 5 nitrogen and oxygen atoms in total. The Balaban J connectivity index is 1.80. The van der Waals surface area contributed by atoms with Crippen LogP contribution in [0.3, 0.4) is 0 Å². The fourth-order valence-electron chi connectivity index (χ4n) is 1.96. The van der Waals surface area contributed by atoms with Gasteiger partial charge in [-0.3, -0.25) is 4.79 Å². The van der Waals surface area contributed by atoms with Gasteiger partial charge < -0.3 is 14.8 Å². The van der Waals surface area contributed by atoms with Crippen LogP contribution in [0.2, 0.25) is 10.0 Å². The Morgan fingerprint density at radius 2 is 1.80 bits per heavy atom. The van der Waals surface area contributed by atoms with Crippen LogP contribution in [0.15, 0.2) is 42.5 Å². The van der Waals surface area contributed by atoms with Crippen LogP contribution in [0.1, 0.15) is 22.8 Å². The molecule has 0 aliphatic heterocycles. The molecule has 132 valence electrons. The molecule has 0 aromatic heterocycles. The van der Waals surface area contributed by atoms with Crippen molar-refractivity contribution in [3.8, 4) is 5.75 Å². The molecule has 25 heavy (non-hydrogen) atoms. The fraction of sp³-hybridized carbons (Fsp3) is 0.222. The summed E-state index contributed by atoms with van der Waals surface area (Å²) in [5.74, 6) is -0.208. The highest BCUT2D eigenvalue weighted by Crippen LogP contribution is 2.20. The fourth-order valence-corrected chi connectivity index (χ4v) is 2.44. The minimum atomic E-state index is -0.397. The number of hydrogen-bond donors (Lipinski definition) is 1. The second-order valence-corrected chi connectivity index (χ2v) is 5.89. The van der Waals surface area contributed by atoms with E-state index in [1.54, 1.807) is 49.4 Å². The molecule has 0 unspecified atom stereocenters. The van der Waals surface area contributed by atoms with Crippen LogP contribution in [0, 0.1) is 0 Å². The van der Waals surface area contributed by atoms with Crippen molar-refractivity contribution in [2.24, 2.45) is 0 Å². The number of ether oxygens (including phenoxy) is 2. The molecule has 0 bridgehead atoms. The highest BCUT2D eigenvalue weighted by atomic mass is 35.5. The van der Waals surface area contributed by atoms with Crippen LogP contribution in [0.4, 0.5) is 0 Å². The predicted octanol–water partition coefficient (Wildman–Crippen LogP) is 3.87. The van der Waals surface area contributed by atoms with Crippen molar-refractivity contribution in [2.75, 3.05) is 13.2 Å². The monoisotopic (exact) mass is 381 g/mol. The van der Waals surface area contributed by atoms with E-state index in [2.05, 4.69) is 5.32 Å². The third kappa shape index (κ3) is 5.96. The van der Waals surface area contributed by atoms with Gasteiger partial charge in [0.2, 0.25) is 0 Å². The average molecular weight is 382 g/mol. The van der Waals surface area contributed by atoms with Crippen LogP contribution in [0.25, 0.3) is 0 Å². The number of carbonyl (C=O) groups is 2. The van der Waals surface area contributed by atoms with Gasteiger partial charge in [-0.15, -0.1) is 0 Å². The minimum Gasteiger partial charge on any atom is -0.484 e. The third-order valence-electron chi connectivity index (χ3n) is 3.23. The summed E-state index contributed by atoms with van der Waals surface area (Å²) >= 11 is 11.9. The molecule has 0 aliphatic carbocycles. The predicted molar refractivity (Wildman–Crippen MR) is 96.2 cm³/mol. The summed E-state index contributed by atoms with van der Waals surface area (Å²) in [6.45, 7) is 2.18. The molecule has 1 amide bonds. The van der Waals surface area contributed by atoms with Gasteiger partial charge in [0.1, 0.15) is 5.75 Å². The van der Waals surface area contributed by atoms with Crippen molar-refractivity contribution in [3.63, 3.8) is 0 Å². The number of halogens is 2. The summed E-state index contributed by atoms with van der Waals surface area (Å²) in [7, 11) is 0. The van der Waals surface area contributed by atoms with Crippen LogP contribution in [0.5, 0.6) is 5.75 Å². The lowest BCUT2D eigenvalue weighted by Crippen LogP contribution is -2.28. The van der Waals surface area contributed by atoms with E-state index >= 15 is 0 Å². The molecule has 0 spiro atoms. The maximum atomic E-state index is 11.8. The lowest BCUT2D eigenvalue weighted by Gasteiger charge is -2.09. The van der Waals surface area contributed by atoms with Gasteiger partial charge in [0.05, 0.1) is 12.2 Å². The van der Waals surface area contributed by atoms with Crippen LogP contribution >= 0.6 is 23.2 Å². The van der Waals surface area contributed by atoms with E-state index in [0.29, 0.717) is 28.0 Å². The number of hydrogen-bond acceptors (Lipinski definition) is 4. The number of benzene rings is 2. The van der Waals surface area contributed by atoms with E-state index in [-0.39, 0.29) is 19.1 Å². The van der Waals surface area contributed by atoms with Gasteiger partial charge in [0.25, 0.3) is 5.91 Å². The van der Waals surface area contributed by atoms with E-state index in [4.69, 9.17) is 32.7 Å². The molecule has 0 fully saturated rings. The topological polar surface area (TPSA) is 64.6 Å². The molecular weight excluding hydrogens is 365 g/mol. The number of rotatable bonds is 7. The van der Waals surface area contributed by atoms with Gasteiger partial charge in [-0.05, 0) is 48.9 Å². The minimum absolute atomic E-state index is 0.149. The Kier molecular flexibility index (Phi) is 7.10. The average Bonchev–Trinajstić information content (AvgIpc) is 2.60. The lowest BCUT2D eigenvalue weighted by molar-refractivity contribution is -0.123. The normalized spacial score (nSPS) is 10.2. The highest BCUT2D eigenvalue weighted by Gasteiger charge is 2.08. The standard InChI is InChI=1S/C18H17Cl2NO4/c1-2-24-18(23)12-4-7-15(8-5-12)25-11-17(22)21-10-13-3-6-14(19)9-16(13)20/h3-9H,2,10-11H2,1H3,(H,21,22). The molecule has 0 radical (unpaired) electrons. The van der Waals surface area contributed by atoms with E-state index in [0.717, 1.165) is 5.56 Å². The summed E-state index contributed by atoms with van der Waals surface area (Å²) in [6.07, 6.45) is 0. The molecule has 2 aromatic rings. The first-order valence-corrected chi connectivity index (χ1v) is 8.35. The van der Waals surface area contributed by atoms with E-state index in [1.165, 1.54) is 0 Å². The molecule has 1 N–H and O–H groups in total. The lowest BCUT2D eigenvalue weighted by atomic mass is 10.2. The summed E-state index contributed by atoms with van der Waals surface area (Å²) in [5, 5.41) is 3.74. The second kappa shape index (κ2) is 9.30. The zero-order valence-corrected chi connectivity index (χ0v) is 15.1. The quantitative estimate of drug-likeness (QED) is 0.739. The molecule has 2 aromatic carbocycles. The Labute approximate surface area is 155 Å². The maximum absolute atomic E-state index is 11.8. The summed E-state index contributed by atoms with van der Waals surface area (Å²) in [5.41, 5.74) is 1.19. The van der Waals surface area contributed by atoms with Crippen molar-refractivity contribution < 1.29 is 19.1 Å². The first kappa shape index (κ1) is 19.1. The smallest absolute Gasteiger partial charge is 0.338 e. The number of carbonyl (C=O) groups excluding carboxylic acids is 2. The first-order valence-electron chi connectivity index (χ1n) is 7.60. The second-order valence-electron chi connectivity index (χ2n) is 5.05. The summed E-state index contributed by atoms with van der Waals surface area (Å²) < 4.78 is 10.3. The molecule has 0 saturated heterocycles. The van der Waals surface area contributed by atoms with Crippen LogP contribution in [-0.4, -0.2) is 25.1 Å². The van der Waals surface area contributed by atoms with Gasteiger partial charge in [-0.25, -0.2) is 4.79 Å². The zero-order valence-electron chi connectivity index (χ0n) is 13.6. The summed E-state index contributed by atoms with van der Waals surface area (Å²) in [4.78, 5) is 23.4. The largest absolute Gasteiger partial charge is 0.484 e. The van der Waals surface area contributed by atoms with Gasteiger partial charge in [0.15, 0.2) is 6.61 Å². The molecule has 0 aliphatic rings. The molecule has 7 heteroatoms. The third-order valence-corrected chi connectivity index (χ3v) is 3.81. The Morgan fingerprint density at radius 1 is 1.08 bits per heavy atom. The molecule has 2 rings (SSSR count). The molecule has 0 heterocycles. The number of esters is 1. The number of nitrogens with one attached hydrogen (secondary N) is 1. The van der Waals surface area contributed by atoms with E-state index < -0.39 is 5.97 Å². The Hall–Kier alpha value is -2.24. The van der Waals surface area contributed by atoms with Crippen LogP contribution < -0.4 is 10.1 Å². The van der Waals surface area contributed by atoms with Gasteiger partial charge in [-0.2, -0.15) is 0 Å². The van der Waals surface area contributed by atoms with Crippen molar-refractivity contribution in [2.45, 2.75) is 13.5 Å².